The minimum atomic E-state index is -0.141. The molecule has 0 fully saturated rings. The van der Waals surface area contributed by atoms with Gasteiger partial charge in [0.05, 0.1) is 19.0 Å². The summed E-state index contributed by atoms with van der Waals surface area (Å²) in [6.45, 7) is 2.26. The Morgan fingerprint density at radius 3 is 2.78 bits per heavy atom. The van der Waals surface area contributed by atoms with Crippen molar-refractivity contribution in [2.24, 2.45) is 0 Å². The van der Waals surface area contributed by atoms with Gasteiger partial charge in [-0.3, -0.25) is 9.89 Å². The number of aromatic nitrogens is 2. The fourth-order valence-electron chi connectivity index (χ4n) is 3.05. The van der Waals surface area contributed by atoms with Crippen LogP contribution in [0.3, 0.4) is 0 Å². The minimum absolute atomic E-state index is 0.141. The first-order valence-corrected chi connectivity index (χ1v) is 8.59. The van der Waals surface area contributed by atoms with Crippen molar-refractivity contribution in [2.45, 2.75) is 13.5 Å². The highest BCUT2D eigenvalue weighted by molar-refractivity contribution is 5.97. The Morgan fingerprint density at radius 2 is 2.00 bits per heavy atom. The molecule has 0 radical (unpaired) electrons. The molecule has 1 amide bonds. The van der Waals surface area contributed by atoms with Gasteiger partial charge in [-0.2, -0.15) is 5.10 Å². The number of carbonyl (C=O) groups excluding carboxylic acids is 1. The summed E-state index contributed by atoms with van der Waals surface area (Å²) in [7, 11) is 1.63. The Kier molecular flexibility index (Phi) is 4.38. The second kappa shape index (κ2) is 6.99. The number of amides is 1. The molecular formula is C21H19N3O3. The molecular weight excluding hydrogens is 342 g/mol. The second-order valence-electron chi connectivity index (χ2n) is 6.29. The summed E-state index contributed by atoms with van der Waals surface area (Å²) < 4.78 is 10.7. The monoisotopic (exact) mass is 361 g/mol. The lowest BCUT2D eigenvalue weighted by molar-refractivity contribution is 0.0951. The Bertz CT molecular complexity index is 1090. The zero-order valence-electron chi connectivity index (χ0n) is 15.1. The van der Waals surface area contributed by atoms with E-state index < -0.39 is 0 Å². The van der Waals surface area contributed by atoms with Crippen LogP contribution in [0, 0.1) is 6.92 Å². The number of hydrogen-bond acceptors (Lipinski definition) is 4. The van der Waals surface area contributed by atoms with Crippen LogP contribution in [0.2, 0.25) is 0 Å². The maximum atomic E-state index is 12.5. The molecule has 27 heavy (non-hydrogen) atoms. The van der Waals surface area contributed by atoms with E-state index in [0.29, 0.717) is 12.1 Å². The van der Waals surface area contributed by atoms with Crippen LogP contribution in [0.15, 0.2) is 59.1 Å². The number of fused-ring (bicyclic) bond motifs is 1. The number of nitrogens with one attached hydrogen (secondary N) is 2. The van der Waals surface area contributed by atoms with Crippen LogP contribution in [-0.2, 0) is 6.54 Å². The van der Waals surface area contributed by atoms with Crippen LogP contribution < -0.4 is 10.1 Å². The maximum Gasteiger partial charge on any atom is 0.251 e. The molecule has 2 aromatic heterocycles. The van der Waals surface area contributed by atoms with Crippen molar-refractivity contribution >= 4 is 16.9 Å². The number of carbonyl (C=O) groups is 1. The molecule has 0 aliphatic carbocycles. The van der Waals surface area contributed by atoms with E-state index in [1.54, 1.807) is 19.4 Å². The van der Waals surface area contributed by atoms with E-state index in [4.69, 9.17) is 9.15 Å². The molecule has 0 aliphatic rings. The van der Waals surface area contributed by atoms with Gasteiger partial charge < -0.3 is 14.5 Å². The van der Waals surface area contributed by atoms with E-state index in [9.17, 15) is 4.79 Å². The zero-order valence-corrected chi connectivity index (χ0v) is 15.1. The molecule has 6 heteroatoms. The van der Waals surface area contributed by atoms with Gasteiger partial charge in [-0.05, 0) is 55.5 Å². The van der Waals surface area contributed by atoms with Crippen LogP contribution in [0.4, 0.5) is 0 Å². The highest BCUT2D eigenvalue weighted by Gasteiger charge is 2.12. The van der Waals surface area contributed by atoms with Crippen molar-refractivity contribution in [3.8, 4) is 17.0 Å². The number of aromatic amines is 1. The predicted octanol–water partition coefficient (Wildman–Crippen LogP) is 4.07. The third-order valence-electron chi connectivity index (χ3n) is 4.44. The summed E-state index contributed by atoms with van der Waals surface area (Å²) in [6.07, 6.45) is 1.72. The SMILES string of the molecule is COc1ccc(-c2[nH]ncc2CNC(=O)c2ccc3oc(C)cc3c2)cc1. The van der Waals surface area contributed by atoms with Crippen molar-refractivity contribution < 1.29 is 13.9 Å². The molecule has 0 bridgehead atoms. The van der Waals surface area contributed by atoms with E-state index >= 15 is 0 Å². The van der Waals surface area contributed by atoms with E-state index in [1.165, 1.54) is 0 Å². The first-order chi connectivity index (χ1) is 13.1. The fraction of sp³-hybridized carbons (Fsp3) is 0.143. The molecule has 4 aromatic rings. The lowest BCUT2D eigenvalue weighted by Gasteiger charge is -2.07. The van der Waals surface area contributed by atoms with Crippen LogP contribution in [0.1, 0.15) is 21.7 Å². The number of H-pyrrole nitrogens is 1. The summed E-state index contributed by atoms with van der Waals surface area (Å²) in [6, 6.07) is 15.0. The number of rotatable bonds is 5. The second-order valence-corrected chi connectivity index (χ2v) is 6.29. The van der Waals surface area contributed by atoms with E-state index in [0.717, 1.165) is 39.3 Å². The summed E-state index contributed by atoms with van der Waals surface area (Å²) >= 11 is 0. The summed E-state index contributed by atoms with van der Waals surface area (Å²) in [4.78, 5) is 12.5. The standard InChI is InChI=1S/C21H19N3O3/c1-13-9-16-10-15(5-8-19(16)27-13)21(25)22-11-17-12-23-24-20(17)14-3-6-18(26-2)7-4-14/h3-10,12H,11H2,1-2H3,(H,22,25)(H,23,24). The Hall–Kier alpha value is -3.54. The van der Waals surface area contributed by atoms with Gasteiger partial charge >= 0.3 is 0 Å². The molecule has 0 saturated carbocycles. The molecule has 2 heterocycles. The Balaban J connectivity index is 1.49. The third kappa shape index (κ3) is 3.42. The summed E-state index contributed by atoms with van der Waals surface area (Å²) in [5.41, 5.74) is 4.14. The van der Waals surface area contributed by atoms with Gasteiger partial charge in [-0.25, -0.2) is 0 Å². The van der Waals surface area contributed by atoms with Crippen molar-refractivity contribution in [3.05, 3.63) is 71.6 Å². The van der Waals surface area contributed by atoms with Crippen molar-refractivity contribution in [1.82, 2.24) is 15.5 Å². The lowest BCUT2D eigenvalue weighted by Crippen LogP contribution is -2.22. The van der Waals surface area contributed by atoms with Crippen LogP contribution >= 0.6 is 0 Å². The highest BCUT2D eigenvalue weighted by Crippen LogP contribution is 2.24. The van der Waals surface area contributed by atoms with Gasteiger partial charge in [0, 0.05) is 28.6 Å². The molecule has 0 saturated heterocycles. The van der Waals surface area contributed by atoms with E-state index in [1.807, 2.05) is 49.4 Å². The topological polar surface area (TPSA) is 80.1 Å². The van der Waals surface area contributed by atoms with Crippen LogP contribution in [0.5, 0.6) is 5.75 Å². The minimum Gasteiger partial charge on any atom is -0.497 e. The van der Waals surface area contributed by atoms with Gasteiger partial charge in [0.15, 0.2) is 0 Å². The lowest BCUT2D eigenvalue weighted by atomic mass is 10.1. The highest BCUT2D eigenvalue weighted by atomic mass is 16.5. The number of ether oxygens (including phenoxy) is 1. The molecule has 4 rings (SSSR count). The smallest absolute Gasteiger partial charge is 0.251 e. The largest absolute Gasteiger partial charge is 0.497 e. The van der Waals surface area contributed by atoms with Gasteiger partial charge in [0.1, 0.15) is 17.1 Å². The molecule has 0 aliphatic heterocycles. The molecule has 136 valence electrons. The Morgan fingerprint density at radius 1 is 1.19 bits per heavy atom. The molecule has 0 unspecified atom stereocenters. The molecule has 6 nitrogen and oxygen atoms in total. The Labute approximate surface area is 156 Å². The third-order valence-corrected chi connectivity index (χ3v) is 4.44. The van der Waals surface area contributed by atoms with Crippen LogP contribution in [-0.4, -0.2) is 23.2 Å². The van der Waals surface area contributed by atoms with Gasteiger partial charge in [-0.1, -0.05) is 0 Å². The van der Waals surface area contributed by atoms with Crippen molar-refractivity contribution in [3.63, 3.8) is 0 Å². The van der Waals surface area contributed by atoms with Gasteiger partial charge in [0.25, 0.3) is 5.91 Å². The van der Waals surface area contributed by atoms with Crippen molar-refractivity contribution in [2.75, 3.05) is 7.11 Å². The number of benzene rings is 2. The maximum absolute atomic E-state index is 12.5. The number of nitrogens with zero attached hydrogens (tertiary/aromatic N) is 1. The van der Waals surface area contributed by atoms with E-state index in [-0.39, 0.29) is 5.91 Å². The van der Waals surface area contributed by atoms with Gasteiger partial charge in [0.2, 0.25) is 0 Å². The van der Waals surface area contributed by atoms with Crippen molar-refractivity contribution in [1.29, 1.82) is 0 Å². The molecule has 2 N–H and O–H groups in total. The summed E-state index contributed by atoms with van der Waals surface area (Å²) in [5.74, 6) is 1.47. The average molecular weight is 361 g/mol. The number of hydrogen-bond donors (Lipinski definition) is 2. The molecule has 0 spiro atoms. The number of furan rings is 1. The van der Waals surface area contributed by atoms with Gasteiger partial charge in [-0.15, -0.1) is 0 Å². The van der Waals surface area contributed by atoms with Crippen LogP contribution in [0.25, 0.3) is 22.2 Å². The summed E-state index contributed by atoms with van der Waals surface area (Å²) in [5, 5.41) is 11.0. The molecule has 0 atom stereocenters. The number of methoxy groups -OCH3 is 1. The quantitative estimate of drug-likeness (QED) is 0.561. The first-order valence-electron chi connectivity index (χ1n) is 8.59. The number of aryl methyl sites for hydroxylation is 1. The molecule has 2 aromatic carbocycles. The average Bonchev–Trinajstić information content (AvgIpc) is 3.30. The van der Waals surface area contributed by atoms with E-state index in [2.05, 4.69) is 15.5 Å². The zero-order chi connectivity index (χ0) is 18.8. The predicted molar refractivity (Wildman–Crippen MR) is 103 cm³/mol. The fourth-order valence-corrected chi connectivity index (χ4v) is 3.05. The first kappa shape index (κ1) is 16.9. The normalized spacial score (nSPS) is 10.9.